The van der Waals surface area contributed by atoms with Crippen molar-refractivity contribution in [3.8, 4) is 17.2 Å². The highest BCUT2D eigenvalue weighted by Gasteiger charge is 2.31. The van der Waals surface area contributed by atoms with Gasteiger partial charge < -0.3 is 14.6 Å². The second kappa shape index (κ2) is 8.45. The Hall–Kier alpha value is -2.51. The van der Waals surface area contributed by atoms with E-state index < -0.39 is 0 Å². The number of thiocarbonyl (C=S) groups is 1. The molecule has 1 aliphatic rings. The van der Waals surface area contributed by atoms with E-state index in [9.17, 15) is 9.90 Å². The molecule has 0 radical (unpaired) electrons. The van der Waals surface area contributed by atoms with Crippen molar-refractivity contribution in [3.63, 3.8) is 0 Å². The van der Waals surface area contributed by atoms with Gasteiger partial charge in [0.2, 0.25) is 0 Å². The standard InChI is InChI=1S/C20H19NO4S2/c1-24-16-8-5-14(11-17(16)25-2)9-10-21-19(23)18(27-20(21)26)12-13-3-6-15(22)7-4-13/h3-8,11-12,22H,9-10H2,1-2H3/b18-12-. The van der Waals surface area contributed by atoms with Crippen LogP contribution in [0, 0.1) is 0 Å². The van der Waals surface area contributed by atoms with Crippen molar-refractivity contribution in [2.45, 2.75) is 6.42 Å². The Bertz CT molecular complexity index is 893. The zero-order chi connectivity index (χ0) is 19.4. The Labute approximate surface area is 167 Å². The van der Waals surface area contributed by atoms with Crippen LogP contribution in [0.2, 0.25) is 0 Å². The number of carbonyl (C=O) groups excluding carboxylic acids is 1. The predicted molar refractivity (Wildman–Crippen MR) is 111 cm³/mol. The smallest absolute Gasteiger partial charge is 0.266 e. The quantitative estimate of drug-likeness (QED) is 0.586. The Morgan fingerprint density at radius 1 is 1.11 bits per heavy atom. The third-order valence-corrected chi connectivity index (χ3v) is 5.51. The van der Waals surface area contributed by atoms with E-state index in [-0.39, 0.29) is 11.7 Å². The molecule has 0 atom stereocenters. The first-order valence-corrected chi connectivity index (χ1v) is 9.49. The van der Waals surface area contributed by atoms with Crippen molar-refractivity contribution in [2.24, 2.45) is 0 Å². The monoisotopic (exact) mass is 401 g/mol. The first-order valence-electron chi connectivity index (χ1n) is 8.27. The predicted octanol–water partition coefficient (Wildman–Crippen LogP) is 3.85. The average molecular weight is 402 g/mol. The summed E-state index contributed by atoms with van der Waals surface area (Å²) in [6.07, 6.45) is 2.44. The van der Waals surface area contributed by atoms with Crippen molar-refractivity contribution in [1.82, 2.24) is 4.90 Å². The van der Waals surface area contributed by atoms with Crippen LogP contribution in [0.25, 0.3) is 6.08 Å². The van der Waals surface area contributed by atoms with Crippen molar-refractivity contribution >= 4 is 40.3 Å². The van der Waals surface area contributed by atoms with E-state index in [4.69, 9.17) is 21.7 Å². The number of hydrogen-bond donors (Lipinski definition) is 1. The minimum absolute atomic E-state index is 0.0986. The van der Waals surface area contributed by atoms with E-state index in [1.165, 1.54) is 11.8 Å². The van der Waals surface area contributed by atoms with E-state index >= 15 is 0 Å². The molecular weight excluding hydrogens is 382 g/mol. The van der Waals surface area contributed by atoms with Crippen LogP contribution >= 0.6 is 24.0 Å². The summed E-state index contributed by atoms with van der Waals surface area (Å²) in [5.74, 6) is 1.42. The summed E-state index contributed by atoms with van der Waals surface area (Å²) in [5, 5.41) is 9.36. The highest BCUT2D eigenvalue weighted by molar-refractivity contribution is 8.26. The van der Waals surface area contributed by atoms with Gasteiger partial charge in [0.05, 0.1) is 19.1 Å². The van der Waals surface area contributed by atoms with Crippen LogP contribution in [-0.2, 0) is 11.2 Å². The van der Waals surface area contributed by atoms with Crippen molar-refractivity contribution < 1.29 is 19.4 Å². The first-order chi connectivity index (χ1) is 13.0. The number of phenolic OH excluding ortho intramolecular Hbond substituents is 1. The molecule has 0 saturated carbocycles. The Kier molecular flexibility index (Phi) is 6.03. The van der Waals surface area contributed by atoms with Gasteiger partial charge in [-0.1, -0.05) is 42.2 Å². The van der Waals surface area contributed by atoms with E-state index in [0.717, 1.165) is 11.1 Å². The third-order valence-electron chi connectivity index (χ3n) is 4.14. The normalized spacial score (nSPS) is 15.5. The average Bonchev–Trinajstić information content (AvgIpc) is 2.94. The summed E-state index contributed by atoms with van der Waals surface area (Å²) in [6, 6.07) is 12.4. The molecule has 7 heteroatoms. The summed E-state index contributed by atoms with van der Waals surface area (Å²) in [6.45, 7) is 0.493. The fourth-order valence-electron chi connectivity index (χ4n) is 2.69. The van der Waals surface area contributed by atoms with Crippen LogP contribution in [0.3, 0.4) is 0 Å². The molecule has 3 rings (SSSR count). The number of rotatable bonds is 6. The molecule has 0 unspecified atom stereocenters. The molecule has 1 saturated heterocycles. The number of hydrogen-bond acceptors (Lipinski definition) is 6. The van der Waals surface area contributed by atoms with Crippen LogP contribution in [0.4, 0.5) is 0 Å². The van der Waals surface area contributed by atoms with Crippen molar-refractivity contribution in [3.05, 3.63) is 58.5 Å². The van der Waals surface area contributed by atoms with Gasteiger partial charge >= 0.3 is 0 Å². The maximum Gasteiger partial charge on any atom is 0.266 e. The molecule has 1 amide bonds. The highest BCUT2D eigenvalue weighted by Crippen LogP contribution is 2.33. The summed E-state index contributed by atoms with van der Waals surface area (Å²) < 4.78 is 11.1. The number of nitrogens with zero attached hydrogens (tertiary/aromatic N) is 1. The molecule has 1 fully saturated rings. The van der Waals surface area contributed by atoms with Crippen LogP contribution in [-0.4, -0.2) is 41.0 Å². The van der Waals surface area contributed by atoms with E-state index in [1.807, 2.05) is 18.2 Å². The van der Waals surface area contributed by atoms with Gasteiger partial charge in [-0.2, -0.15) is 0 Å². The number of amides is 1. The lowest BCUT2D eigenvalue weighted by Gasteiger charge is -2.15. The summed E-state index contributed by atoms with van der Waals surface area (Å²) in [4.78, 5) is 14.9. The molecule has 0 aliphatic carbocycles. The number of benzene rings is 2. The van der Waals surface area contributed by atoms with Gasteiger partial charge in [0.15, 0.2) is 11.5 Å². The first kappa shape index (κ1) is 19.3. The molecule has 1 N–H and O–H groups in total. The van der Waals surface area contributed by atoms with E-state index in [0.29, 0.717) is 33.7 Å². The topological polar surface area (TPSA) is 59.0 Å². The maximum atomic E-state index is 12.7. The number of ether oxygens (including phenoxy) is 2. The fraction of sp³-hybridized carbons (Fsp3) is 0.200. The minimum Gasteiger partial charge on any atom is -0.508 e. The Morgan fingerprint density at radius 3 is 2.48 bits per heavy atom. The van der Waals surface area contributed by atoms with Crippen LogP contribution in [0.15, 0.2) is 47.4 Å². The van der Waals surface area contributed by atoms with Gasteiger partial charge in [0.1, 0.15) is 10.1 Å². The molecule has 140 valence electrons. The Balaban J connectivity index is 1.70. The fourth-order valence-corrected chi connectivity index (χ4v) is 4.00. The molecule has 5 nitrogen and oxygen atoms in total. The number of thioether (sulfide) groups is 1. The lowest BCUT2D eigenvalue weighted by Crippen LogP contribution is -2.30. The number of methoxy groups -OCH3 is 2. The molecule has 27 heavy (non-hydrogen) atoms. The van der Waals surface area contributed by atoms with Crippen LogP contribution in [0.5, 0.6) is 17.2 Å². The molecule has 0 spiro atoms. The minimum atomic E-state index is -0.0986. The van der Waals surface area contributed by atoms with Gasteiger partial charge in [-0.15, -0.1) is 0 Å². The van der Waals surface area contributed by atoms with E-state index in [2.05, 4.69) is 0 Å². The largest absolute Gasteiger partial charge is 0.508 e. The van der Waals surface area contributed by atoms with Gasteiger partial charge in [-0.05, 0) is 47.9 Å². The van der Waals surface area contributed by atoms with Crippen molar-refractivity contribution in [2.75, 3.05) is 20.8 Å². The number of phenols is 1. The third kappa shape index (κ3) is 4.43. The molecule has 1 aliphatic heterocycles. The molecule has 0 bridgehead atoms. The molecule has 2 aromatic carbocycles. The zero-order valence-electron chi connectivity index (χ0n) is 15.0. The summed E-state index contributed by atoms with van der Waals surface area (Å²) >= 11 is 6.67. The summed E-state index contributed by atoms with van der Waals surface area (Å²) in [5.41, 5.74) is 1.87. The lowest BCUT2D eigenvalue weighted by molar-refractivity contribution is -0.122. The maximum absolute atomic E-state index is 12.7. The van der Waals surface area contributed by atoms with Gasteiger partial charge in [-0.25, -0.2) is 0 Å². The second-order valence-electron chi connectivity index (χ2n) is 5.86. The molecule has 0 aromatic heterocycles. The van der Waals surface area contributed by atoms with Gasteiger partial charge in [0.25, 0.3) is 5.91 Å². The van der Waals surface area contributed by atoms with Gasteiger partial charge in [-0.3, -0.25) is 9.69 Å². The number of carbonyl (C=O) groups is 1. The zero-order valence-corrected chi connectivity index (χ0v) is 16.6. The second-order valence-corrected chi connectivity index (χ2v) is 7.54. The van der Waals surface area contributed by atoms with Crippen LogP contribution in [0.1, 0.15) is 11.1 Å². The molecule has 2 aromatic rings. The van der Waals surface area contributed by atoms with Crippen LogP contribution < -0.4 is 9.47 Å². The SMILES string of the molecule is COc1ccc(CCN2C(=O)/C(=C/c3ccc(O)cc3)SC2=S)cc1OC. The number of aromatic hydroxyl groups is 1. The summed E-state index contributed by atoms with van der Waals surface area (Å²) in [7, 11) is 3.19. The Morgan fingerprint density at radius 2 is 1.81 bits per heavy atom. The highest BCUT2D eigenvalue weighted by atomic mass is 32.2. The van der Waals surface area contributed by atoms with E-state index in [1.54, 1.807) is 49.5 Å². The lowest BCUT2D eigenvalue weighted by atomic mass is 10.1. The van der Waals surface area contributed by atoms with Gasteiger partial charge in [0, 0.05) is 6.54 Å². The molecular formula is C20H19NO4S2. The molecule has 1 heterocycles. The van der Waals surface area contributed by atoms with Crippen molar-refractivity contribution in [1.29, 1.82) is 0 Å².